The molecular formula is C9H12BrNO. The molecule has 1 aromatic carbocycles. The summed E-state index contributed by atoms with van der Waals surface area (Å²) in [6.45, 7) is 0.654. The minimum atomic E-state index is 0.345. The Morgan fingerprint density at radius 3 is 2.75 bits per heavy atom. The smallest absolute Gasteiger partial charge is 0.119 e. The summed E-state index contributed by atoms with van der Waals surface area (Å²) in [6.07, 6.45) is 1.72. The van der Waals surface area contributed by atoms with E-state index in [1.54, 1.807) is 6.07 Å². The second-order valence-electron chi connectivity index (χ2n) is 2.63. The van der Waals surface area contributed by atoms with Gasteiger partial charge in [0.2, 0.25) is 0 Å². The summed E-state index contributed by atoms with van der Waals surface area (Å²) in [5.41, 5.74) is 6.33. The zero-order valence-electron chi connectivity index (χ0n) is 6.76. The molecule has 0 aliphatic carbocycles. The van der Waals surface area contributed by atoms with Crippen LogP contribution in [0.4, 0.5) is 0 Å². The van der Waals surface area contributed by atoms with Crippen LogP contribution >= 0.6 is 15.9 Å². The number of hydrogen-bond donors (Lipinski definition) is 2. The molecule has 0 saturated carbocycles. The molecule has 0 amide bonds. The van der Waals surface area contributed by atoms with Crippen molar-refractivity contribution in [1.82, 2.24) is 0 Å². The van der Waals surface area contributed by atoms with Crippen LogP contribution in [0, 0.1) is 0 Å². The third kappa shape index (κ3) is 2.22. The largest absolute Gasteiger partial charge is 0.508 e. The number of hydrogen-bond acceptors (Lipinski definition) is 2. The summed E-state index contributed by atoms with van der Waals surface area (Å²) in [5, 5.41) is 9.45. The van der Waals surface area contributed by atoms with Crippen molar-refractivity contribution in [2.75, 3.05) is 6.54 Å². The number of rotatable bonds is 3. The lowest BCUT2D eigenvalue weighted by molar-refractivity contribution is 0.466. The molecule has 0 aliphatic heterocycles. The molecule has 1 aromatic rings. The van der Waals surface area contributed by atoms with Crippen molar-refractivity contribution < 1.29 is 5.11 Å². The third-order valence-electron chi connectivity index (χ3n) is 1.73. The van der Waals surface area contributed by atoms with Crippen LogP contribution in [0.25, 0.3) is 0 Å². The topological polar surface area (TPSA) is 46.2 Å². The van der Waals surface area contributed by atoms with Crippen molar-refractivity contribution in [2.24, 2.45) is 5.73 Å². The maximum absolute atomic E-state index is 9.45. The van der Waals surface area contributed by atoms with Crippen LogP contribution in [0.3, 0.4) is 0 Å². The van der Waals surface area contributed by atoms with Gasteiger partial charge in [-0.25, -0.2) is 0 Å². The van der Waals surface area contributed by atoms with Gasteiger partial charge in [0.1, 0.15) is 5.75 Å². The number of halogens is 1. The number of phenols is 1. The van der Waals surface area contributed by atoms with Crippen molar-refractivity contribution in [3.63, 3.8) is 0 Å². The minimum Gasteiger partial charge on any atom is -0.508 e. The van der Waals surface area contributed by atoms with Crippen molar-refractivity contribution in [3.05, 3.63) is 28.2 Å². The van der Waals surface area contributed by atoms with E-state index < -0.39 is 0 Å². The maximum Gasteiger partial charge on any atom is 0.119 e. The number of nitrogens with two attached hydrogens (primary N) is 1. The van der Waals surface area contributed by atoms with E-state index in [1.807, 2.05) is 12.1 Å². The summed E-state index contributed by atoms with van der Waals surface area (Å²) in [6, 6.07) is 5.42. The molecule has 0 unspecified atom stereocenters. The highest BCUT2D eigenvalue weighted by Crippen LogP contribution is 2.26. The monoisotopic (exact) mass is 229 g/mol. The van der Waals surface area contributed by atoms with E-state index >= 15 is 0 Å². The molecule has 0 fully saturated rings. The van der Waals surface area contributed by atoms with Gasteiger partial charge in [-0.15, -0.1) is 0 Å². The average Bonchev–Trinajstić information content (AvgIpc) is 2.04. The van der Waals surface area contributed by atoms with Gasteiger partial charge in [0, 0.05) is 10.0 Å². The maximum atomic E-state index is 9.45. The van der Waals surface area contributed by atoms with Crippen LogP contribution in [0.15, 0.2) is 22.7 Å². The third-order valence-corrected chi connectivity index (χ3v) is 2.47. The van der Waals surface area contributed by atoms with Gasteiger partial charge in [0.25, 0.3) is 0 Å². The fourth-order valence-electron chi connectivity index (χ4n) is 1.07. The first-order valence-corrected chi connectivity index (χ1v) is 4.71. The van der Waals surface area contributed by atoms with E-state index in [0.717, 1.165) is 22.9 Å². The van der Waals surface area contributed by atoms with Gasteiger partial charge in [-0.05, 0) is 31.5 Å². The van der Waals surface area contributed by atoms with Crippen LogP contribution in [0.2, 0.25) is 0 Å². The molecule has 0 atom stereocenters. The van der Waals surface area contributed by atoms with Gasteiger partial charge in [-0.2, -0.15) is 0 Å². The fraction of sp³-hybridized carbons (Fsp3) is 0.333. The van der Waals surface area contributed by atoms with E-state index in [0.29, 0.717) is 12.3 Å². The molecule has 0 aromatic heterocycles. The summed E-state index contributed by atoms with van der Waals surface area (Å²) < 4.78 is 0.955. The second-order valence-corrected chi connectivity index (χ2v) is 3.48. The Hall–Kier alpha value is -0.540. The Balaban J connectivity index is 2.81. The van der Waals surface area contributed by atoms with Crippen molar-refractivity contribution in [3.8, 4) is 5.75 Å². The van der Waals surface area contributed by atoms with Crippen LogP contribution in [0.1, 0.15) is 12.0 Å². The molecule has 0 spiro atoms. The Morgan fingerprint density at radius 2 is 2.17 bits per heavy atom. The molecule has 0 heterocycles. The van der Waals surface area contributed by atoms with Crippen LogP contribution in [0.5, 0.6) is 5.75 Å². The Morgan fingerprint density at radius 1 is 1.42 bits per heavy atom. The molecule has 0 radical (unpaired) electrons. The lowest BCUT2D eigenvalue weighted by Crippen LogP contribution is -2.00. The van der Waals surface area contributed by atoms with Crippen LogP contribution in [-0.2, 0) is 6.42 Å². The molecule has 12 heavy (non-hydrogen) atoms. The van der Waals surface area contributed by atoms with E-state index in [4.69, 9.17) is 5.73 Å². The lowest BCUT2D eigenvalue weighted by Gasteiger charge is -2.05. The number of phenolic OH excluding ortho intramolecular Hbond substituents is 1. The van der Waals surface area contributed by atoms with Gasteiger partial charge in [-0.3, -0.25) is 0 Å². The molecular weight excluding hydrogens is 218 g/mol. The highest BCUT2D eigenvalue weighted by molar-refractivity contribution is 9.10. The molecule has 66 valence electrons. The predicted octanol–water partition coefficient (Wildman–Crippen LogP) is 2.05. The molecule has 3 N–H and O–H groups in total. The summed E-state index contributed by atoms with van der Waals surface area (Å²) in [4.78, 5) is 0. The predicted molar refractivity (Wildman–Crippen MR) is 53.2 cm³/mol. The van der Waals surface area contributed by atoms with Crippen LogP contribution < -0.4 is 5.73 Å². The molecule has 2 nitrogen and oxygen atoms in total. The normalized spacial score (nSPS) is 10.2. The SMILES string of the molecule is NCCCc1c(O)cccc1Br. The van der Waals surface area contributed by atoms with Crippen molar-refractivity contribution in [2.45, 2.75) is 12.8 Å². The summed E-state index contributed by atoms with van der Waals surface area (Å²) in [5.74, 6) is 0.345. The van der Waals surface area contributed by atoms with Gasteiger partial charge >= 0.3 is 0 Å². The zero-order chi connectivity index (χ0) is 8.97. The van der Waals surface area contributed by atoms with Gasteiger partial charge in [0.05, 0.1) is 0 Å². The molecule has 0 aliphatic rings. The zero-order valence-corrected chi connectivity index (χ0v) is 8.34. The Bertz CT molecular complexity index is 242. The van der Waals surface area contributed by atoms with E-state index in [1.165, 1.54) is 0 Å². The molecule has 1 rings (SSSR count). The lowest BCUT2D eigenvalue weighted by atomic mass is 10.1. The Kier molecular flexibility index (Phi) is 3.56. The van der Waals surface area contributed by atoms with Gasteiger partial charge in [-0.1, -0.05) is 22.0 Å². The van der Waals surface area contributed by atoms with Gasteiger partial charge in [0.15, 0.2) is 0 Å². The highest BCUT2D eigenvalue weighted by atomic mass is 79.9. The van der Waals surface area contributed by atoms with Gasteiger partial charge < -0.3 is 10.8 Å². The van der Waals surface area contributed by atoms with Crippen molar-refractivity contribution in [1.29, 1.82) is 0 Å². The summed E-state index contributed by atoms with van der Waals surface area (Å²) in [7, 11) is 0. The molecule has 0 bridgehead atoms. The highest BCUT2D eigenvalue weighted by Gasteiger charge is 2.03. The van der Waals surface area contributed by atoms with E-state index in [2.05, 4.69) is 15.9 Å². The fourth-order valence-corrected chi connectivity index (χ4v) is 1.63. The van der Waals surface area contributed by atoms with Crippen LogP contribution in [-0.4, -0.2) is 11.7 Å². The average molecular weight is 230 g/mol. The van der Waals surface area contributed by atoms with E-state index in [9.17, 15) is 5.11 Å². The molecule has 3 heteroatoms. The minimum absolute atomic E-state index is 0.345. The first-order valence-electron chi connectivity index (χ1n) is 3.92. The quantitative estimate of drug-likeness (QED) is 0.834. The summed E-state index contributed by atoms with van der Waals surface area (Å²) >= 11 is 3.38. The second kappa shape index (κ2) is 4.48. The molecule has 0 saturated heterocycles. The number of aromatic hydroxyl groups is 1. The first-order chi connectivity index (χ1) is 5.75. The number of benzene rings is 1. The Labute approximate surface area is 80.5 Å². The van der Waals surface area contributed by atoms with E-state index in [-0.39, 0.29) is 0 Å². The first kappa shape index (κ1) is 9.55. The standard InChI is InChI=1S/C9H12BrNO/c10-8-4-1-5-9(12)7(8)3-2-6-11/h1,4-5,12H,2-3,6,11H2. The van der Waals surface area contributed by atoms with Crippen molar-refractivity contribution >= 4 is 15.9 Å².